The predicted octanol–water partition coefficient (Wildman–Crippen LogP) is 3.57. The molecule has 2 rings (SSSR count). The summed E-state index contributed by atoms with van der Waals surface area (Å²) in [5, 5.41) is 0. The summed E-state index contributed by atoms with van der Waals surface area (Å²) in [6, 6.07) is 0. The molecule has 0 aromatic heterocycles. The van der Waals surface area contributed by atoms with Gasteiger partial charge in [0.15, 0.2) is 0 Å². The first-order valence-electron chi connectivity index (χ1n) is 8.15. The van der Waals surface area contributed by atoms with Crippen molar-refractivity contribution in [3.05, 3.63) is 0 Å². The second-order valence-electron chi connectivity index (χ2n) is 5.99. The fourth-order valence-electron chi connectivity index (χ4n) is 3.45. The molecule has 0 aromatic carbocycles. The Balaban J connectivity index is 2.03. The van der Waals surface area contributed by atoms with Gasteiger partial charge in [-0.25, -0.2) is 4.79 Å². The number of unbranched alkanes of at least 4 members (excludes halogenated alkanes) is 1. The Morgan fingerprint density at radius 3 is 2.15 bits per heavy atom. The van der Waals surface area contributed by atoms with Gasteiger partial charge >= 0.3 is 5.97 Å². The van der Waals surface area contributed by atoms with E-state index in [0.717, 1.165) is 38.5 Å². The van der Waals surface area contributed by atoms with Crippen LogP contribution in [0, 0.1) is 0 Å². The van der Waals surface area contributed by atoms with Crippen LogP contribution in [-0.4, -0.2) is 29.6 Å². The van der Waals surface area contributed by atoms with Crippen LogP contribution in [0.3, 0.4) is 0 Å². The summed E-state index contributed by atoms with van der Waals surface area (Å²) in [7, 11) is 0. The lowest BCUT2D eigenvalue weighted by Gasteiger charge is -2.11. The number of hydrogen-bond acceptors (Lipinski definition) is 4. The van der Waals surface area contributed by atoms with E-state index >= 15 is 0 Å². The van der Waals surface area contributed by atoms with Gasteiger partial charge in [-0.1, -0.05) is 47.0 Å². The number of epoxide rings is 2. The summed E-state index contributed by atoms with van der Waals surface area (Å²) in [4.78, 5) is 12.4. The van der Waals surface area contributed by atoms with Gasteiger partial charge in [0.05, 0.1) is 6.61 Å². The molecule has 2 aliphatic heterocycles. The molecule has 0 amide bonds. The predicted molar refractivity (Wildman–Crippen MR) is 76.3 cm³/mol. The largest absolute Gasteiger partial charge is 0.463 e. The topological polar surface area (TPSA) is 51.4 Å². The molecular formula is C16H28O4. The number of rotatable bonds is 9. The molecule has 2 heterocycles. The second-order valence-corrected chi connectivity index (χ2v) is 5.99. The van der Waals surface area contributed by atoms with Crippen molar-refractivity contribution < 1.29 is 19.0 Å². The first-order valence-corrected chi connectivity index (χ1v) is 8.15. The van der Waals surface area contributed by atoms with Gasteiger partial charge in [-0.05, 0) is 25.7 Å². The Morgan fingerprint density at radius 1 is 1.00 bits per heavy atom. The van der Waals surface area contributed by atoms with Gasteiger partial charge in [-0.3, -0.25) is 0 Å². The summed E-state index contributed by atoms with van der Waals surface area (Å²) < 4.78 is 17.2. The van der Waals surface area contributed by atoms with Crippen LogP contribution in [0.5, 0.6) is 0 Å². The summed E-state index contributed by atoms with van der Waals surface area (Å²) in [6.45, 7) is 8.81. The van der Waals surface area contributed by atoms with E-state index in [1.807, 2.05) is 6.92 Å². The number of esters is 1. The van der Waals surface area contributed by atoms with E-state index in [1.54, 1.807) is 0 Å². The zero-order chi connectivity index (χ0) is 14.9. The molecule has 4 nitrogen and oxygen atoms in total. The normalized spacial score (nSPS) is 33.2. The first-order chi connectivity index (χ1) is 9.58. The maximum Gasteiger partial charge on any atom is 0.344 e. The van der Waals surface area contributed by atoms with Crippen molar-refractivity contribution in [3.8, 4) is 0 Å². The Labute approximate surface area is 122 Å². The average molecular weight is 284 g/mol. The van der Waals surface area contributed by atoms with Crippen LogP contribution in [0.1, 0.15) is 72.6 Å². The van der Waals surface area contributed by atoms with Gasteiger partial charge in [0, 0.05) is 0 Å². The highest BCUT2D eigenvalue weighted by molar-refractivity contribution is 5.86. The maximum absolute atomic E-state index is 12.4. The van der Waals surface area contributed by atoms with Crippen molar-refractivity contribution >= 4 is 5.97 Å². The van der Waals surface area contributed by atoms with Crippen LogP contribution in [0.25, 0.3) is 0 Å². The van der Waals surface area contributed by atoms with Crippen LogP contribution >= 0.6 is 0 Å². The molecule has 2 aliphatic rings. The molecule has 0 saturated carbocycles. The molecule has 2 saturated heterocycles. The van der Waals surface area contributed by atoms with Crippen LogP contribution < -0.4 is 0 Å². The highest BCUT2D eigenvalue weighted by atomic mass is 16.9. The van der Waals surface area contributed by atoms with Gasteiger partial charge in [0.1, 0.15) is 5.60 Å². The third kappa shape index (κ3) is 2.08. The lowest BCUT2D eigenvalue weighted by atomic mass is 9.86. The second kappa shape index (κ2) is 5.64. The molecular weight excluding hydrogens is 256 g/mol. The molecule has 0 bridgehead atoms. The highest BCUT2D eigenvalue weighted by Crippen LogP contribution is 2.73. The minimum atomic E-state index is -0.842. The monoisotopic (exact) mass is 284 g/mol. The van der Waals surface area contributed by atoms with E-state index in [1.165, 1.54) is 0 Å². The smallest absolute Gasteiger partial charge is 0.344 e. The van der Waals surface area contributed by atoms with E-state index in [4.69, 9.17) is 14.2 Å². The number of ether oxygens (including phenoxy) is 3. The third-order valence-electron chi connectivity index (χ3n) is 4.57. The molecule has 1 spiro atoms. The van der Waals surface area contributed by atoms with Gasteiger partial charge < -0.3 is 14.2 Å². The van der Waals surface area contributed by atoms with Gasteiger partial charge in [0.2, 0.25) is 11.4 Å². The lowest BCUT2D eigenvalue weighted by Crippen LogP contribution is -2.34. The van der Waals surface area contributed by atoms with E-state index in [2.05, 4.69) is 20.8 Å². The van der Waals surface area contributed by atoms with Crippen LogP contribution in [0.15, 0.2) is 0 Å². The van der Waals surface area contributed by atoms with Crippen molar-refractivity contribution in [1.82, 2.24) is 0 Å². The van der Waals surface area contributed by atoms with Gasteiger partial charge in [-0.15, -0.1) is 0 Å². The standard InChI is InChI=1S/C16H28O4/c1-5-9-12-18-13(17)15(8-4)16(20-15)14(19-16,10-6-2)11-7-3/h5-12H2,1-4H3. The van der Waals surface area contributed by atoms with E-state index < -0.39 is 11.4 Å². The zero-order valence-electron chi connectivity index (χ0n) is 13.3. The Kier molecular flexibility index (Phi) is 4.45. The summed E-state index contributed by atoms with van der Waals surface area (Å²) in [6.07, 6.45) is 6.51. The molecule has 116 valence electrons. The van der Waals surface area contributed by atoms with Gasteiger partial charge in [0.25, 0.3) is 0 Å². The minimum absolute atomic E-state index is 0.234. The fourth-order valence-corrected chi connectivity index (χ4v) is 3.45. The fraction of sp³-hybridized carbons (Fsp3) is 0.938. The van der Waals surface area contributed by atoms with Gasteiger partial charge in [-0.2, -0.15) is 0 Å². The van der Waals surface area contributed by atoms with Crippen LogP contribution in [-0.2, 0) is 19.0 Å². The number of carbonyl (C=O) groups excluding carboxylic acids is 1. The third-order valence-corrected chi connectivity index (χ3v) is 4.57. The number of hydrogen-bond donors (Lipinski definition) is 0. The zero-order valence-corrected chi connectivity index (χ0v) is 13.3. The van der Waals surface area contributed by atoms with Crippen molar-refractivity contribution in [2.75, 3.05) is 6.61 Å². The molecule has 0 aromatic rings. The summed E-state index contributed by atoms with van der Waals surface area (Å²) in [5.74, 6) is -0.910. The quantitative estimate of drug-likeness (QED) is 0.369. The van der Waals surface area contributed by atoms with E-state index in [-0.39, 0.29) is 11.6 Å². The van der Waals surface area contributed by atoms with E-state index in [0.29, 0.717) is 13.0 Å². The molecule has 0 N–H and O–H groups in total. The minimum Gasteiger partial charge on any atom is -0.463 e. The summed E-state index contributed by atoms with van der Waals surface area (Å²) >= 11 is 0. The van der Waals surface area contributed by atoms with Crippen molar-refractivity contribution in [3.63, 3.8) is 0 Å². The van der Waals surface area contributed by atoms with E-state index in [9.17, 15) is 4.79 Å². The molecule has 2 fully saturated rings. The Hall–Kier alpha value is -0.610. The molecule has 20 heavy (non-hydrogen) atoms. The molecule has 2 unspecified atom stereocenters. The molecule has 0 radical (unpaired) electrons. The highest BCUT2D eigenvalue weighted by Gasteiger charge is 2.95. The molecule has 2 atom stereocenters. The van der Waals surface area contributed by atoms with Crippen molar-refractivity contribution in [2.45, 2.75) is 89.6 Å². The Bertz CT molecular complexity index is 361. The maximum atomic E-state index is 12.4. The number of carbonyl (C=O) groups is 1. The van der Waals surface area contributed by atoms with Crippen LogP contribution in [0.2, 0.25) is 0 Å². The molecule has 4 heteroatoms. The average Bonchev–Trinajstić information content (AvgIpc) is 3.27. The van der Waals surface area contributed by atoms with Crippen molar-refractivity contribution in [2.24, 2.45) is 0 Å². The SMILES string of the molecule is CCCCOC(=O)C1(CC)OC12OC2(CCC)CCC. The first kappa shape index (κ1) is 15.8. The van der Waals surface area contributed by atoms with Crippen molar-refractivity contribution in [1.29, 1.82) is 0 Å². The molecule has 0 aliphatic carbocycles. The van der Waals surface area contributed by atoms with Crippen LogP contribution in [0.4, 0.5) is 0 Å². The Morgan fingerprint density at radius 2 is 1.65 bits per heavy atom. The lowest BCUT2D eigenvalue weighted by molar-refractivity contribution is -0.150. The summed E-state index contributed by atoms with van der Waals surface area (Å²) in [5.41, 5.74) is -1.10.